The number of aliphatic carboxylic acids is 1. The second-order valence-corrected chi connectivity index (χ2v) is 8.66. The van der Waals surface area contributed by atoms with Crippen LogP contribution in [-0.2, 0) is 30.4 Å². The number of benzene rings is 1. The molecule has 0 aliphatic heterocycles. The van der Waals surface area contributed by atoms with E-state index in [2.05, 4.69) is 28.6 Å². The highest BCUT2D eigenvalue weighted by Crippen LogP contribution is 2.06. The maximum atomic E-state index is 13.0. The SMILES string of the molecule is NCCCCC(NC(=O)C(N)Cc1ccccc1)C(=O)NC(CS)C(=O)NC(CCC(N)=O)C(=O)O. The lowest BCUT2D eigenvalue weighted by Crippen LogP contribution is -2.57. The van der Waals surface area contributed by atoms with Gasteiger partial charge in [-0.25, -0.2) is 4.79 Å². The zero-order chi connectivity index (χ0) is 27.1. The highest BCUT2D eigenvalue weighted by molar-refractivity contribution is 7.80. The first-order valence-electron chi connectivity index (χ1n) is 11.6. The van der Waals surface area contributed by atoms with Crippen LogP contribution in [0.1, 0.15) is 37.7 Å². The fourth-order valence-corrected chi connectivity index (χ4v) is 3.54. The molecule has 0 aromatic heterocycles. The molecule has 0 heterocycles. The zero-order valence-electron chi connectivity index (χ0n) is 20.0. The minimum Gasteiger partial charge on any atom is -0.480 e. The Kier molecular flexibility index (Phi) is 14.1. The van der Waals surface area contributed by atoms with Crippen LogP contribution < -0.4 is 33.2 Å². The van der Waals surface area contributed by atoms with Gasteiger partial charge in [-0.1, -0.05) is 30.3 Å². The number of primary amides is 1. The summed E-state index contributed by atoms with van der Waals surface area (Å²) in [4.78, 5) is 60.6. The van der Waals surface area contributed by atoms with Gasteiger partial charge in [0.15, 0.2) is 0 Å². The minimum atomic E-state index is -1.37. The minimum absolute atomic E-state index is 0.142. The maximum Gasteiger partial charge on any atom is 0.326 e. The number of carboxylic acids is 1. The molecule has 13 heteroatoms. The molecular weight excluding hydrogens is 488 g/mol. The van der Waals surface area contributed by atoms with E-state index in [0.717, 1.165) is 5.56 Å². The summed E-state index contributed by atoms with van der Waals surface area (Å²) in [6, 6.07) is 4.71. The van der Waals surface area contributed by atoms with Gasteiger partial charge in [-0.2, -0.15) is 12.6 Å². The van der Waals surface area contributed by atoms with Crippen molar-refractivity contribution in [3.63, 3.8) is 0 Å². The van der Waals surface area contributed by atoms with Crippen LogP contribution in [0.3, 0.4) is 0 Å². The van der Waals surface area contributed by atoms with E-state index < -0.39 is 53.8 Å². The largest absolute Gasteiger partial charge is 0.480 e. The smallest absolute Gasteiger partial charge is 0.326 e. The molecule has 0 spiro atoms. The van der Waals surface area contributed by atoms with Gasteiger partial charge in [0.25, 0.3) is 0 Å². The van der Waals surface area contributed by atoms with Crippen LogP contribution in [0.15, 0.2) is 30.3 Å². The Bertz CT molecular complexity index is 887. The number of carboxylic acid groups (broad SMARTS) is 1. The monoisotopic (exact) mass is 524 g/mol. The molecule has 0 saturated carbocycles. The van der Waals surface area contributed by atoms with Gasteiger partial charge in [0, 0.05) is 12.2 Å². The van der Waals surface area contributed by atoms with E-state index in [4.69, 9.17) is 17.2 Å². The number of carbonyl (C=O) groups is 5. The first-order valence-corrected chi connectivity index (χ1v) is 12.2. The van der Waals surface area contributed by atoms with Crippen LogP contribution >= 0.6 is 12.6 Å². The number of nitrogens with one attached hydrogen (secondary N) is 3. The predicted molar refractivity (Wildman–Crippen MR) is 137 cm³/mol. The second-order valence-electron chi connectivity index (χ2n) is 8.29. The molecule has 1 rings (SSSR count). The van der Waals surface area contributed by atoms with Gasteiger partial charge in [-0.05, 0) is 44.2 Å². The number of unbranched alkanes of at least 4 members (excludes halogenated alkanes) is 1. The van der Waals surface area contributed by atoms with Crippen molar-refractivity contribution >= 4 is 42.2 Å². The summed E-state index contributed by atoms with van der Waals surface area (Å²) in [6.45, 7) is 0.402. The third kappa shape index (κ3) is 11.5. The lowest BCUT2D eigenvalue weighted by atomic mass is 10.0. The van der Waals surface area contributed by atoms with Crippen molar-refractivity contribution in [2.75, 3.05) is 12.3 Å². The standard InChI is InChI=1S/C23H36N6O6S/c24-11-5-4-8-16(27-20(31)15(25)12-14-6-2-1-3-7-14)21(32)29-18(13-36)22(33)28-17(23(34)35)9-10-19(26)30/h1-3,6-7,15-18,36H,4-5,8-13,24-25H2,(H2,26,30)(H,27,31)(H,28,33)(H,29,32)(H,34,35). The van der Waals surface area contributed by atoms with Gasteiger partial charge in [0.05, 0.1) is 6.04 Å². The van der Waals surface area contributed by atoms with E-state index in [9.17, 15) is 29.1 Å². The Morgan fingerprint density at radius 1 is 0.861 bits per heavy atom. The Hall–Kier alpha value is -3.16. The number of nitrogens with two attached hydrogens (primary N) is 3. The van der Waals surface area contributed by atoms with Gasteiger partial charge in [-0.3, -0.25) is 19.2 Å². The van der Waals surface area contributed by atoms with Gasteiger partial charge in [-0.15, -0.1) is 0 Å². The normalized spacial score (nSPS) is 14.1. The number of rotatable bonds is 17. The topological polar surface area (TPSA) is 220 Å². The number of hydrogen-bond donors (Lipinski definition) is 8. The zero-order valence-corrected chi connectivity index (χ0v) is 20.9. The molecule has 1 aromatic rings. The summed E-state index contributed by atoms with van der Waals surface area (Å²) >= 11 is 4.08. The summed E-state index contributed by atoms with van der Waals surface area (Å²) in [6.07, 6.45) is 1.23. The first-order chi connectivity index (χ1) is 17.1. The van der Waals surface area contributed by atoms with Crippen LogP contribution in [0, 0.1) is 0 Å². The molecule has 0 bridgehead atoms. The summed E-state index contributed by atoms with van der Waals surface area (Å²) < 4.78 is 0. The van der Waals surface area contributed by atoms with E-state index in [0.29, 0.717) is 19.4 Å². The van der Waals surface area contributed by atoms with Crippen LogP contribution in [0.5, 0.6) is 0 Å². The fourth-order valence-electron chi connectivity index (χ4n) is 3.28. The third-order valence-electron chi connectivity index (χ3n) is 5.32. The molecule has 0 aliphatic carbocycles. The predicted octanol–water partition coefficient (Wildman–Crippen LogP) is -1.58. The molecule has 4 atom stereocenters. The van der Waals surface area contributed by atoms with E-state index in [1.54, 1.807) is 0 Å². The van der Waals surface area contributed by atoms with Crippen molar-refractivity contribution in [3.8, 4) is 0 Å². The van der Waals surface area contributed by atoms with Crippen LogP contribution in [-0.4, -0.2) is 71.2 Å². The van der Waals surface area contributed by atoms with E-state index in [-0.39, 0.29) is 31.4 Å². The van der Waals surface area contributed by atoms with Crippen molar-refractivity contribution < 1.29 is 29.1 Å². The third-order valence-corrected chi connectivity index (χ3v) is 5.69. The maximum absolute atomic E-state index is 13.0. The Labute approximate surface area is 215 Å². The molecular formula is C23H36N6O6S. The lowest BCUT2D eigenvalue weighted by Gasteiger charge is -2.24. The lowest BCUT2D eigenvalue weighted by molar-refractivity contribution is -0.142. The number of carbonyl (C=O) groups excluding carboxylic acids is 4. The molecule has 10 N–H and O–H groups in total. The average molecular weight is 525 g/mol. The highest BCUT2D eigenvalue weighted by Gasteiger charge is 2.29. The van der Waals surface area contributed by atoms with Gasteiger partial charge >= 0.3 is 5.97 Å². The molecule has 4 unspecified atom stereocenters. The Morgan fingerprint density at radius 2 is 1.44 bits per heavy atom. The second kappa shape index (κ2) is 16.5. The molecule has 0 aliphatic rings. The van der Waals surface area contributed by atoms with E-state index in [1.165, 1.54) is 0 Å². The van der Waals surface area contributed by atoms with Crippen molar-refractivity contribution in [2.45, 2.75) is 62.7 Å². The molecule has 12 nitrogen and oxygen atoms in total. The number of amides is 4. The van der Waals surface area contributed by atoms with Gasteiger partial charge in [0.1, 0.15) is 18.1 Å². The van der Waals surface area contributed by atoms with Crippen molar-refractivity contribution in [3.05, 3.63) is 35.9 Å². The van der Waals surface area contributed by atoms with Crippen LogP contribution in [0.2, 0.25) is 0 Å². The van der Waals surface area contributed by atoms with E-state index in [1.807, 2.05) is 30.3 Å². The summed E-state index contributed by atoms with van der Waals surface area (Å²) in [5.74, 6) is -4.19. The van der Waals surface area contributed by atoms with Crippen molar-refractivity contribution in [2.24, 2.45) is 17.2 Å². The van der Waals surface area contributed by atoms with Crippen molar-refractivity contribution in [1.29, 1.82) is 0 Å². The van der Waals surface area contributed by atoms with Gasteiger partial charge in [0.2, 0.25) is 23.6 Å². The molecule has 0 radical (unpaired) electrons. The number of thiol groups is 1. The summed E-state index contributed by atoms with van der Waals surface area (Å²) in [7, 11) is 0. The van der Waals surface area contributed by atoms with Crippen LogP contribution in [0.4, 0.5) is 0 Å². The van der Waals surface area contributed by atoms with Crippen molar-refractivity contribution in [1.82, 2.24) is 16.0 Å². The first kappa shape index (κ1) is 30.9. The van der Waals surface area contributed by atoms with E-state index >= 15 is 0 Å². The molecule has 0 saturated heterocycles. The molecule has 36 heavy (non-hydrogen) atoms. The number of hydrogen-bond acceptors (Lipinski definition) is 8. The summed E-state index contributed by atoms with van der Waals surface area (Å²) in [5.41, 5.74) is 17.5. The quantitative estimate of drug-likeness (QED) is 0.0875. The van der Waals surface area contributed by atoms with Gasteiger partial charge < -0.3 is 38.3 Å². The van der Waals surface area contributed by atoms with Crippen LogP contribution in [0.25, 0.3) is 0 Å². The fraction of sp³-hybridized carbons (Fsp3) is 0.522. The highest BCUT2D eigenvalue weighted by atomic mass is 32.1. The average Bonchev–Trinajstić information content (AvgIpc) is 2.84. The molecule has 1 aromatic carbocycles. The summed E-state index contributed by atoms with van der Waals surface area (Å²) in [5, 5.41) is 16.7. The Morgan fingerprint density at radius 3 is 2.00 bits per heavy atom. The molecule has 0 fully saturated rings. The molecule has 4 amide bonds. The molecule has 200 valence electrons. The Balaban J connectivity index is 2.84.